The maximum absolute atomic E-state index is 11.2. The molecule has 98 valence electrons. The summed E-state index contributed by atoms with van der Waals surface area (Å²) in [6.07, 6.45) is 6.96. The monoisotopic (exact) mass is 281 g/mol. The molecule has 0 aliphatic heterocycles. The van der Waals surface area contributed by atoms with Crippen LogP contribution >= 0.6 is 11.5 Å². The van der Waals surface area contributed by atoms with E-state index in [-0.39, 0.29) is 5.56 Å². The van der Waals surface area contributed by atoms with E-state index < -0.39 is 0 Å². The molecule has 0 unspecified atom stereocenters. The number of H-pyrrole nitrogens is 1. The summed E-state index contributed by atoms with van der Waals surface area (Å²) in [4.78, 5) is 11.2. The Bertz CT molecular complexity index is 869. The largest absolute Gasteiger partial charge is 0.276 e. The van der Waals surface area contributed by atoms with E-state index >= 15 is 0 Å². The molecule has 0 amide bonds. The molecule has 0 saturated heterocycles. The van der Waals surface area contributed by atoms with Crippen LogP contribution in [0.2, 0.25) is 0 Å². The van der Waals surface area contributed by atoms with Crippen molar-refractivity contribution in [3.05, 3.63) is 69.8 Å². The van der Waals surface area contributed by atoms with Crippen LogP contribution in [0.5, 0.6) is 0 Å². The minimum atomic E-state index is -0.0884. The van der Waals surface area contributed by atoms with Gasteiger partial charge in [0.25, 0.3) is 5.56 Å². The van der Waals surface area contributed by atoms with Crippen LogP contribution in [0, 0.1) is 0 Å². The third-order valence-corrected chi connectivity index (χ3v) is 4.27. The summed E-state index contributed by atoms with van der Waals surface area (Å²) in [6.45, 7) is 0. The molecule has 1 aliphatic rings. The maximum atomic E-state index is 11.2. The van der Waals surface area contributed by atoms with Gasteiger partial charge in [-0.25, -0.2) is 4.68 Å². The molecule has 1 aliphatic carbocycles. The third-order valence-electron chi connectivity index (χ3n) is 3.46. The summed E-state index contributed by atoms with van der Waals surface area (Å²) in [5, 5.41) is 5.14. The second-order valence-corrected chi connectivity index (χ2v) is 5.60. The van der Waals surface area contributed by atoms with Gasteiger partial charge in [-0.2, -0.15) is 5.10 Å². The number of fused-ring (bicyclic) bond motifs is 1. The molecule has 0 atom stereocenters. The molecule has 1 aromatic carbocycles. The zero-order valence-corrected chi connectivity index (χ0v) is 11.4. The van der Waals surface area contributed by atoms with Crippen LogP contribution < -0.4 is 5.56 Å². The van der Waals surface area contributed by atoms with Gasteiger partial charge in [0.2, 0.25) is 0 Å². The zero-order valence-electron chi connectivity index (χ0n) is 10.5. The van der Waals surface area contributed by atoms with Gasteiger partial charge in [0.15, 0.2) is 0 Å². The van der Waals surface area contributed by atoms with Crippen molar-refractivity contribution in [1.82, 2.24) is 14.2 Å². The van der Waals surface area contributed by atoms with Crippen LogP contribution in [-0.2, 0) is 6.42 Å². The molecule has 0 radical (unpaired) electrons. The lowest BCUT2D eigenvalue weighted by Crippen LogP contribution is -1.95. The Morgan fingerprint density at radius 3 is 3.00 bits per heavy atom. The lowest BCUT2D eigenvalue weighted by atomic mass is 10.1. The number of benzene rings is 1. The molecule has 4 nitrogen and oxygen atoms in total. The van der Waals surface area contributed by atoms with E-state index in [1.165, 1.54) is 28.2 Å². The van der Waals surface area contributed by atoms with E-state index in [9.17, 15) is 4.79 Å². The Hall–Kier alpha value is -2.40. The van der Waals surface area contributed by atoms with Gasteiger partial charge in [-0.1, -0.05) is 30.3 Å². The van der Waals surface area contributed by atoms with Crippen LogP contribution in [0.25, 0.3) is 16.7 Å². The summed E-state index contributed by atoms with van der Waals surface area (Å²) >= 11 is 1.29. The minimum absolute atomic E-state index is 0.0884. The Balaban J connectivity index is 1.69. The molecule has 2 heterocycles. The van der Waals surface area contributed by atoms with E-state index in [1.54, 1.807) is 10.7 Å². The van der Waals surface area contributed by atoms with Crippen molar-refractivity contribution in [2.45, 2.75) is 6.42 Å². The van der Waals surface area contributed by atoms with Crippen molar-refractivity contribution in [1.29, 1.82) is 0 Å². The maximum Gasteiger partial charge on any atom is 0.260 e. The van der Waals surface area contributed by atoms with E-state index in [4.69, 9.17) is 0 Å². The molecule has 0 bridgehead atoms. The number of aromatic amines is 1. The fraction of sp³-hybridized carbons (Fsp3) is 0.0667. The number of rotatable bonds is 2. The number of hydrogen-bond acceptors (Lipinski definition) is 3. The number of hydrogen-bond donors (Lipinski definition) is 1. The first-order valence-corrected chi connectivity index (χ1v) is 7.14. The van der Waals surface area contributed by atoms with Gasteiger partial charge in [0.1, 0.15) is 5.00 Å². The second-order valence-electron chi connectivity index (χ2n) is 4.77. The van der Waals surface area contributed by atoms with Crippen molar-refractivity contribution in [3.8, 4) is 5.00 Å². The molecule has 20 heavy (non-hydrogen) atoms. The van der Waals surface area contributed by atoms with Crippen LogP contribution in [0.1, 0.15) is 16.7 Å². The minimum Gasteiger partial charge on any atom is -0.276 e. The molecule has 4 rings (SSSR count). The lowest BCUT2D eigenvalue weighted by molar-refractivity contribution is 0.897. The summed E-state index contributed by atoms with van der Waals surface area (Å²) in [5.74, 6) is 0. The van der Waals surface area contributed by atoms with Crippen molar-refractivity contribution >= 4 is 23.2 Å². The molecule has 0 spiro atoms. The predicted molar refractivity (Wildman–Crippen MR) is 80.1 cm³/mol. The summed E-state index contributed by atoms with van der Waals surface area (Å²) in [7, 11) is 0. The molecule has 0 saturated carbocycles. The standard InChI is InChI=1S/C15H11N3OS/c19-14-7-15(20-17-14)18-9-13(8-16-18)12-5-10-3-1-2-4-11(10)6-12/h1-5,7-9H,6H2,(H,17,19). The fourth-order valence-electron chi connectivity index (χ4n) is 2.46. The molecule has 1 N–H and O–H groups in total. The number of nitrogens with zero attached hydrogens (tertiary/aromatic N) is 2. The highest BCUT2D eigenvalue weighted by Gasteiger charge is 2.15. The number of allylic oxidation sites excluding steroid dienone is 1. The SMILES string of the molecule is O=c1cc(-n2cc(C3=Cc4ccccc4C3)cn2)s[nH]1. The van der Waals surface area contributed by atoms with Crippen molar-refractivity contribution < 1.29 is 0 Å². The highest BCUT2D eigenvalue weighted by atomic mass is 32.1. The molecule has 5 heteroatoms. The van der Waals surface area contributed by atoms with Gasteiger partial charge < -0.3 is 0 Å². The molecule has 2 aromatic heterocycles. The summed E-state index contributed by atoms with van der Waals surface area (Å²) < 4.78 is 4.41. The first-order chi connectivity index (χ1) is 9.79. The third kappa shape index (κ3) is 1.83. The van der Waals surface area contributed by atoms with Gasteiger partial charge in [-0.3, -0.25) is 9.17 Å². The summed E-state index contributed by atoms with van der Waals surface area (Å²) in [5.41, 5.74) is 4.90. The van der Waals surface area contributed by atoms with Gasteiger partial charge in [-0.15, -0.1) is 0 Å². The topological polar surface area (TPSA) is 50.7 Å². The second kappa shape index (κ2) is 4.31. The van der Waals surface area contributed by atoms with E-state index in [1.807, 2.05) is 12.4 Å². The van der Waals surface area contributed by atoms with Crippen molar-refractivity contribution in [2.24, 2.45) is 0 Å². The van der Waals surface area contributed by atoms with Crippen LogP contribution in [0.4, 0.5) is 0 Å². The van der Waals surface area contributed by atoms with Gasteiger partial charge >= 0.3 is 0 Å². The first kappa shape index (κ1) is 11.4. The highest BCUT2D eigenvalue weighted by molar-refractivity contribution is 7.08. The quantitative estimate of drug-likeness (QED) is 0.785. The molecule has 3 aromatic rings. The first-order valence-electron chi connectivity index (χ1n) is 6.32. The van der Waals surface area contributed by atoms with Crippen LogP contribution in [-0.4, -0.2) is 14.2 Å². The van der Waals surface area contributed by atoms with Gasteiger partial charge in [0.05, 0.1) is 6.20 Å². The molecular weight excluding hydrogens is 270 g/mol. The summed E-state index contributed by atoms with van der Waals surface area (Å²) in [6, 6.07) is 9.96. The van der Waals surface area contributed by atoms with Crippen molar-refractivity contribution in [3.63, 3.8) is 0 Å². The normalized spacial score (nSPS) is 13.3. The van der Waals surface area contributed by atoms with Gasteiger partial charge in [0, 0.05) is 17.8 Å². The van der Waals surface area contributed by atoms with E-state index in [0.29, 0.717) is 0 Å². The number of aromatic nitrogens is 3. The molecular formula is C15H11N3OS. The molecule has 0 fully saturated rings. The van der Waals surface area contributed by atoms with E-state index in [0.717, 1.165) is 17.0 Å². The fourth-order valence-corrected chi connectivity index (χ4v) is 3.08. The van der Waals surface area contributed by atoms with Crippen molar-refractivity contribution in [2.75, 3.05) is 0 Å². The van der Waals surface area contributed by atoms with Crippen LogP contribution in [0.3, 0.4) is 0 Å². The smallest absolute Gasteiger partial charge is 0.260 e. The van der Waals surface area contributed by atoms with E-state index in [2.05, 4.69) is 39.8 Å². The Morgan fingerprint density at radius 1 is 1.30 bits per heavy atom. The predicted octanol–water partition coefficient (Wildman–Crippen LogP) is 2.72. The van der Waals surface area contributed by atoms with Gasteiger partial charge in [-0.05, 0) is 34.7 Å². The Morgan fingerprint density at radius 2 is 2.20 bits per heavy atom. The van der Waals surface area contributed by atoms with Crippen LogP contribution in [0.15, 0.2) is 47.5 Å². The number of nitrogens with one attached hydrogen (secondary N) is 1. The zero-order chi connectivity index (χ0) is 13.5. The highest BCUT2D eigenvalue weighted by Crippen LogP contribution is 2.31. The Kier molecular flexibility index (Phi) is 2.47. The Labute approximate surface area is 119 Å². The lowest BCUT2D eigenvalue weighted by Gasteiger charge is -1.97. The average molecular weight is 281 g/mol. The average Bonchev–Trinajstić information content (AvgIpc) is 3.16.